The van der Waals surface area contributed by atoms with Gasteiger partial charge in [0.25, 0.3) is 0 Å². The number of rotatable bonds is 14. The van der Waals surface area contributed by atoms with Gasteiger partial charge in [-0.3, -0.25) is 14.9 Å². The smallest absolute Gasteiger partial charge is 0.303 e. The van der Waals surface area contributed by atoms with Crippen LogP contribution in [0.3, 0.4) is 0 Å². The van der Waals surface area contributed by atoms with E-state index in [2.05, 4.69) is 10.6 Å². The zero-order valence-corrected chi connectivity index (χ0v) is 26.0. The highest BCUT2D eigenvalue weighted by atomic mass is 32.1. The number of esters is 1. The van der Waals surface area contributed by atoms with E-state index in [1.54, 1.807) is 12.1 Å². The largest absolute Gasteiger partial charge is 0.459 e. The molecule has 2 aliphatic rings. The molecule has 1 aliphatic carbocycles. The lowest BCUT2D eigenvalue weighted by atomic mass is 9.80. The topological polar surface area (TPSA) is 130 Å². The van der Waals surface area contributed by atoms with E-state index in [0.29, 0.717) is 44.7 Å². The van der Waals surface area contributed by atoms with Gasteiger partial charge < -0.3 is 30.0 Å². The SMILES string of the molecule is CC(=O)OCC(=N)c1csc(CNC(O)[C@@H]2CC3(CC=C2CC(=O)CNCc2cccc(-c4ccc(F)cc4)c2)OCCO3)c1. The lowest BCUT2D eigenvalue weighted by Gasteiger charge is -2.38. The third kappa shape index (κ3) is 9.00. The molecule has 5 rings (SSSR count). The normalized spacial score (nSPS) is 18.0. The fourth-order valence-electron chi connectivity index (χ4n) is 5.61. The number of nitrogens with one attached hydrogen (secondary N) is 3. The van der Waals surface area contributed by atoms with Crippen LogP contribution in [-0.2, 0) is 36.9 Å². The van der Waals surface area contributed by atoms with Crippen LogP contribution in [0.2, 0.25) is 0 Å². The van der Waals surface area contributed by atoms with Crippen LogP contribution < -0.4 is 10.6 Å². The molecular weight excluding hydrogens is 597 g/mol. The number of ketones is 1. The second kappa shape index (κ2) is 15.1. The number of thiophene rings is 1. The van der Waals surface area contributed by atoms with Crippen molar-refractivity contribution in [1.82, 2.24) is 10.6 Å². The Hall–Kier alpha value is -3.58. The highest BCUT2D eigenvalue weighted by molar-refractivity contribution is 7.10. The van der Waals surface area contributed by atoms with E-state index in [1.807, 2.05) is 41.8 Å². The minimum Gasteiger partial charge on any atom is -0.459 e. The van der Waals surface area contributed by atoms with Crippen molar-refractivity contribution in [3.63, 3.8) is 0 Å². The molecule has 0 radical (unpaired) electrons. The number of hydrogen-bond donors (Lipinski definition) is 4. The number of ether oxygens (including phenoxy) is 3. The fourth-order valence-corrected chi connectivity index (χ4v) is 6.46. The summed E-state index contributed by atoms with van der Waals surface area (Å²) >= 11 is 1.44. The highest BCUT2D eigenvalue weighted by Crippen LogP contribution is 2.40. The van der Waals surface area contributed by atoms with Crippen molar-refractivity contribution in [2.24, 2.45) is 5.92 Å². The molecule has 11 heteroatoms. The van der Waals surface area contributed by atoms with Crippen LogP contribution in [0, 0.1) is 17.1 Å². The predicted molar refractivity (Wildman–Crippen MR) is 169 cm³/mol. The molecule has 1 fully saturated rings. The third-order valence-corrected chi connectivity index (χ3v) is 8.88. The molecular formula is C34H38FN3O6S. The first-order valence-corrected chi connectivity index (χ1v) is 15.8. The zero-order chi connectivity index (χ0) is 31.8. The standard InChI is InChI=1S/C34H38FN3O6S/c1-22(39)42-20-32(36)27-15-30(45-21-27)19-38-33(41)31-16-34(43-11-12-44-34)10-9-26(31)14-29(40)18-37-17-23-3-2-4-25(13-23)24-5-7-28(35)8-6-24/h2-9,13,15,21,31,33,36-38,41H,10-12,14,16-20H2,1H3/t31-,33?/m1/s1. The number of aliphatic hydroxyl groups excluding tert-OH is 1. The van der Waals surface area contributed by atoms with Crippen molar-refractivity contribution in [1.29, 1.82) is 5.41 Å². The summed E-state index contributed by atoms with van der Waals surface area (Å²) in [7, 11) is 0. The molecule has 1 aromatic heterocycles. The first kappa shape index (κ1) is 32.8. The monoisotopic (exact) mass is 635 g/mol. The molecule has 9 nitrogen and oxygen atoms in total. The number of Topliss-reactive ketones (excluding diaryl/α,β-unsaturated/α-hetero) is 1. The maximum Gasteiger partial charge on any atom is 0.303 e. The number of hydrogen-bond acceptors (Lipinski definition) is 10. The molecule has 0 saturated carbocycles. The molecule has 2 aromatic carbocycles. The van der Waals surface area contributed by atoms with Gasteiger partial charge >= 0.3 is 5.97 Å². The maximum absolute atomic E-state index is 13.3. The Labute approximate surface area is 265 Å². The Balaban J connectivity index is 1.16. The van der Waals surface area contributed by atoms with Crippen LogP contribution in [-0.4, -0.2) is 61.0 Å². The van der Waals surface area contributed by atoms with Crippen LogP contribution in [0.5, 0.6) is 0 Å². The Kier molecular flexibility index (Phi) is 11.0. The molecule has 0 bridgehead atoms. The summed E-state index contributed by atoms with van der Waals surface area (Å²) in [4.78, 5) is 25.1. The minimum atomic E-state index is -0.956. The van der Waals surface area contributed by atoms with Crippen LogP contribution >= 0.6 is 11.3 Å². The van der Waals surface area contributed by atoms with Gasteiger partial charge in [0.15, 0.2) is 11.6 Å². The van der Waals surface area contributed by atoms with Crippen molar-refractivity contribution in [2.75, 3.05) is 26.4 Å². The van der Waals surface area contributed by atoms with Crippen molar-refractivity contribution in [2.45, 2.75) is 51.3 Å². The highest BCUT2D eigenvalue weighted by Gasteiger charge is 2.44. The first-order valence-electron chi connectivity index (χ1n) is 14.9. The number of aliphatic hydroxyl groups is 1. The molecule has 45 heavy (non-hydrogen) atoms. The van der Waals surface area contributed by atoms with Crippen LogP contribution in [0.4, 0.5) is 4.39 Å². The summed E-state index contributed by atoms with van der Waals surface area (Å²) in [5.41, 5.74) is 4.62. The lowest BCUT2D eigenvalue weighted by molar-refractivity contribution is -0.176. The fraction of sp³-hybridized carbons (Fsp3) is 0.382. The predicted octanol–water partition coefficient (Wildman–Crippen LogP) is 4.72. The van der Waals surface area contributed by atoms with Gasteiger partial charge in [-0.15, -0.1) is 11.3 Å². The van der Waals surface area contributed by atoms with E-state index in [0.717, 1.165) is 27.1 Å². The number of benzene rings is 2. The van der Waals surface area contributed by atoms with E-state index >= 15 is 0 Å². The van der Waals surface area contributed by atoms with E-state index in [-0.39, 0.29) is 36.9 Å². The number of carbonyl (C=O) groups excluding carboxylic acids is 2. The average molecular weight is 636 g/mol. The van der Waals surface area contributed by atoms with Crippen LogP contribution in [0.15, 0.2) is 71.6 Å². The minimum absolute atomic E-state index is 0.00605. The number of carbonyl (C=O) groups is 2. The van der Waals surface area contributed by atoms with Crippen molar-refractivity contribution >= 4 is 28.8 Å². The molecule has 4 N–H and O–H groups in total. The van der Waals surface area contributed by atoms with E-state index in [9.17, 15) is 19.1 Å². The van der Waals surface area contributed by atoms with E-state index in [1.165, 1.54) is 30.4 Å². The van der Waals surface area contributed by atoms with E-state index in [4.69, 9.17) is 19.6 Å². The second-order valence-corrected chi connectivity index (χ2v) is 12.3. The van der Waals surface area contributed by atoms with Gasteiger partial charge in [-0.25, -0.2) is 4.39 Å². The van der Waals surface area contributed by atoms with Crippen LogP contribution in [0.1, 0.15) is 42.2 Å². The molecule has 1 aliphatic heterocycles. The van der Waals surface area contributed by atoms with E-state index < -0.39 is 23.9 Å². The maximum atomic E-state index is 13.3. The summed E-state index contributed by atoms with van der Waals surface area (Å²) in [6.07, 6.45) is 2.14. The lowest BCUT2D eigenvalue weighted by Crippen LogP contribution is -2.45. The molecule has 1 unspecified atom stereocenters. The van der Waals surface area contributed by atoms with Crippen molar-refractivity contribution in [3.8, 4) is 11.1 Å². The van der Waals surface area contributed by atoms with Gasteiger partial charge in [-0.05, 0) is 41.0 Å². The second-order valence-electron chi connectivity index (χ2n) is 11.3. The molecule has 2 heterocycles. The first-order chi connectivity index (χ1) is 21.7. The van der Waals surface area contributed by atoms with Gasteiger partial charge in [-0.1, -0.05) is 42.0 Å². The van der Waals surface area contributed by atoms with Gasteiger partial charge in [0.1, 0.15) is 18.7 Å². The summed E-state index contributed by atoms with van der Waals surface area (Å²) in [6.45, 7) is 3.22. The average Bonchev–Trinajstić information content (AvgIpc) is 3.70. The van der Waals surface area contributed by atoms with Crippen LogP contribution in [0.25, 0.3) is 11.1 Å². The third-order valence-electron chi connectivity index (χ3n) is 7.94. The molecule has 238 valence electrons. The Morgan fingerprint density at radius 2 is 1.91 bits per heavy atom. The molecule has 1 saturated heterocycles. The quantitative estimate of drug-likeness (QED) is 0.0867. The van der Waals surface area contributed by atoms with Gasteiger partial charge in [0.2, 0.25) is 0 Å². The summed E-state index contributed by atoms with van der Waals surface area (Å²) < 4.78 is 30.1. The Morgan fingerprint density at radius 3 is 2.67 bits per heavy atom. The molecule has 1 spiro atoms. The Bertz CT molecular complexity index is 1530. The van der Waals surface area contributed by atoms with Gasteiger partial charge in [0.05, 0.1) is 25.5 Å². The van der Waals surface area contributed by atoms with Gasteiger partial charge in [0, 0.05) is 61.0 Å². The molecule has 2 atom stereocenters. The zero-order valence-electron chi connectivity index (χ0n) is 25.1. The van der Waals surface area contributed by atoms with Gasteiger partial charge in [-0.2, -0.15) is 0 Å². The Morgan fingerprint density at radius 1 is 1.13 bits per heavy atom. The number of halogens is 1. The van der Waals surface area contributed by atoms with Crippen molar-refractivity contribution < 1.29 is 33.3 Å². The summed E-state index contributed by atoms with van der Waals surface area (Å²) in [5, 5.41) is 27.6. The molecule has 3 aromatic rings. The molecule has 0 amide bonds. The summed E-state index contributed by atoms with van der Waals surface area (Å²) in [5.74, 6) is -1.90. The summed E-state index contributed by atoms with van der Waals surface area (Å²) in [6, 6.07) is 16.1. The van der Waals surface area contributed by atoms with Crippen molar-refractivity contribution in [3.05, 3.63) is 93.4 Å².